The highest BCUT2D eigenvalue weighted by atomic mass is 15.3. The van der Waals surface area contributed by atoms with Crippen molar-refractivity contribution in [3.63, 3.8) is 0 Å². The number of anilines is 1. The molecule has 2 N–H and O–H groups in total. The maximum Gasteiger partial charge on any atom is 0.108 e. The lowest BCUT2D eigenvalue weighted by Gasteiger charge is -2.07. The summed E-state index contributed by atoms with van der Waals surface area (Å²) in [6.45, 7) is 5.92. The first kappa shape index (κ1) is 16.1. The Hall–Kier alpha value is -2.74. The molecule has 8 heteroatoms. The van der Waals surface area contributed by atoms with Gasteiger partial charge < -0.3 is 10.6 Å². The van der Waals surface area contributed by atoms with Gasteiger partial charge in [-0.2, -0.15) is 10.2 Å². The number of nitrogens with zero attached hydrogens (tertiary/aromatic N) is 6. The molecule has 0 bridgehead atoms. The molecule has 1 aliphatic rings. The minimum Gasteiger partial charge on any atom is -0.364 e. The van der Waals surface area contributed by atoms with Crippen LogP contribution in [0.1, 0.15) is 18.0 Å². The van der Waals surface area contributed by atoms with E-state index in [4.69, 9.17) is 0 Å². The van der Waals surface area contributed by atoms with Gasteiger partial charge in [-0.15, -0.1) is 0 Å². The van der Waals surface area contributed by atoms with Crippen LogP contribution in [-0.2, 0) is 7.05 Å². The van der Waals surface area contributed by atoms with Gasteiger partial charge in [-0.3, -0.25) is 19.3 Å². The van der Waals surface area contributed by atoms with Gasteiger partial charge in [0.1, 0.15) is 6.67 Å². The quantitative estimate of drug-likeness (QED) is 0.749. The van der Waals surface area contributed by atoms with Gasteiger partial charge in [0, 0.05) is 37.7 Å². The van der Waals surface area contributed by atoms with Crippen molar-refractivity contribution in [3.8, 4) is 0 Å². The molecular formula is C16H22N8. The van der Waals surface area contributed by atoms with Crippen molar-refractivity contribution < 1.29 is 0 Å². The monoisotopic (exact) mass is 326 g/mol. The molecule has 1 aliphatic heterocycles. The molecule has 8 nitrogen and oxygen atoms in total. The summed E-state index contributed by atoms with van der Waals surface area (Å²) in [5.41, 5.74) is 2.71. The van der Waals surface area contributed by atoms with E-state index in [-0.39, 0.29) is 0 Å². The van der Waals surface area contributed by atoms with Crippen LogP contribution in [0, 0.1) is 0 Å². The molecule has 1 saturated heterocycles. The minimum atomic E-state index is 0.412. The van der Waals surface area contributed by atoms with Crippen LogP contribution in [0.5, 0.6) is 0 Å². The van der Waals surface area contributed by atoms with Gasteiger partial charge in [0.25, 0.3) is 0 Å². The fourth-order valence-corrected chi connectivity index (χ4v) is 2.63. The number of nitrogens with one attached hydrogen (secondary N) is 2. The Morgan fingerprint density at radius 3 is 3.08 bits per heavy atom. The molecule has 1 atom stereocenters. The van der Waals surface area contributed by atoms with Crippen molar-refractivity contribution in [3.05, 3.63) is 42.6 Å². The predicted molar refractivity (Wildman–Crippen MR) is 95.7 cm³/mol. The molecule has 2 aromatic heterocycles. The van der Waals surface area contributed by atoms with E-state index < -0.39 is 0 Å². The maximum atomic E-state index is 4.60. The molecule has 0 saturated carbocycles. The number of allylic oxidation sites excluding steroid dienone is 1. The van der Waals surface area contributed by atoms with Crippen LogP contribution in [0.3, 0.4) is 0 Å². The molecule has 0 spiro atoms. The van der Waals surface area contributed by atoms with Crippen LogP contribution < -0.4 is 10.6 Å². The maximum absolute atomic E-state index is 4.60. The van der Waals surface area contributed by atoms with Gasteiger partial charge >= 0.3 is 0 Å². The van der Waals surface area contributed by atoms with Crippen molar-refractivity contribution in [1.82, 2.24) is 24.9 Å². The zero-order chi connectivity index (χ0) is 16.8. The molecular weight excluding hydrogens is 304 g/mol. The lowest BCUT2D eigenvalue weighted by atomic mass is 10.2. The molecule has 0 radical (unpaired) electrons. The van der Waals surface area contributed by atoms with Crippen LogP contribution in [-0.4, -0.2) is 51.7 Å². The van der Waals surface area contributed by atoms with Gasteiger partial charge in [-0.1, -0.05) is 0 Å². The SMILES string of the molecule is C=N/C=C\C(=N/CNc1cnn(C)c1)c1cnn(C2CCNC2)c1. The van der Waals surface area contributed by atoms with E-state index in [1.807, 2.05) is 36.4 Å². The summed E-state index contributed by atoms with van der Waals surface area (Å²) in [6.07, 6.45) is 12.1. The zero-order valence-electron chi connectivity index (χ0n) is 13.8. The van der Waals surface area contributed by atoms with E-state index in [2.05, 4.69) is 37.5 Å². The molecule has 24 heavy (non-hydrogen) atoms. The van der Waals surface area contributed by atoms with Crippen LogP contribution in [0.2, 0.25) is 0 Å². The smallest absolute Gasteiger partial charge is 0.108 e. The highest BCUT2D eigenvalue weighted by Crippen LogP contribution is 2.15. The third-order valence-electron chi connectivity index (χ3n) is 3.88. The summed E-state index contributed by atoms with van der Waals surface area (Å²) in [6, 6.07) is 0.412. The lowest BCUT2D eigenvalue weighted by molar-refractivity contribution is 0.490. The molecule has 126 valence electrons. The van der Waals surface area contributed by atoms with Crippen LogP contribution in [0.4, 0.5) is 5.69 Å². The summed E-state index contributed by atoms with van der Waals surface area (Å²) in [4.78, 5) is 8.37. The van der Waals surface area contributed by atoms with Crippen molar-refractivity contribution in [2.24, 2.45) is 17.0 Å². The Labute approximate surface area is 141 Å². The first-order chi connectivity index (χ1) is 11.8. The largest absolute Gasteiger partial charge is 0.364 e. The first-order valence-electron chi connectivity index (χ1n) is 7.91. The standard InChI is InChI=1S/C16H22N8/c1-17-5-4-16(20-12-19-14-8-21-23(2)11-14)13-7-22-24(10-13)15-3-6-18-9-15/h4-5,7-8,10-11,15,18-19H,1,3,6,9,12H2,2H3/b5-4-,20-16+. The second kappa shape index (κ2) is 7.69. The third kappa shape index (κ3) is 3.96. The van der Waals surface area contributed by atoms with Crippen molar-refractivity contribution >= 4 is 18.1 Å². The second-order valence-electron chi connectivity index (χ2n) is 5.63. The Kier molecular flexibility index (Phi) is 5.17. The molecule has 3 rings (SSSR count). The third-order valence-corrected chi connectivity index (χ3v) is 3.88. The number of aliphatic imine (C=N–C) groups is 2. The van der Waals surface area contributed by atoms with Crippen molar-refractivity contribution in [1.29, 1.82) is 0 Å². The van der Waals surface area contributed by atoms with Crippen molar-refractivity contribution in [2.45, 2.75) is 12.5 Å². The molecule has 2 aromatic rings. The van der Waals surface area contributed by atoms with E-state index in [1.165, 1.54) is 0 Å². The number of hydrogen-bond acceptors (Lipinski definition) is 6. The summed E-state index contributed by atoms with van der Waals surface area (Å²) < 4.78 is 3.75. The van der Waals surface area contributed by atoms with Gasteiger partial charge in [0.15, 0.2) is 0 Å². The normalized spacial score (nSPS) is 18.4. The average Bonchev–Trinajstić information content (AvgIpc) is 3.31. The van der Waals surface area contributed by atoms with E-state index in [0.717, 1.165) is 36.5 Å². The molecule has 1 fully saturated rings. The second-order valence-corrected chi connectivity index (χ2v) is 5.63. The molecule has 0 aromatic carbocycles. The van der Waals surface area contributed by atoms with E-state index in [1.54, 1.807) is 17.1 Å². The van der Waals surface area contributed by atoms with Crippen LogP contribution in [0.15, 0.2) is 47.0 Å². The zero-order valence-corrected chi connectivity index (χ0v) is 13.8. The number of hydrogen-bond donors (Lipinski definition) is 2. The Morgan fingerprint density at radius 1 is 1.46 bits per heavy atom. The Balaban J connectivity index is 1.71. The fraction of sp³-hybridized carbons (Fsp3) is 0.375. The van der Waals surface area contributed by atoms with Gasteiger partial charge in [-0.25, -0.2) is 0 Å². The average molecular weight is 326 g/mol. The summed E-state index contributed by atoms with van der Waals surface area (Å²) in [5, 5.41) is 15.2. The first-order valence-corrected chi connectivity index (χ1v) is 7.91. The van der Waals surface area contributed by atoms with Gasteiger partial charge in [0.05, 0.1) is 29.8 Å². The number of rotatable bonds is 7. The van der Waals surface area contributed by atoms with Gasteiger partial charge in [-0.05, 0) is 25.8 Å². The van der Waals surface area contributed by atoms with Crippen LogP contribution in [0.25, 0.3) is 0 Å². The predicted octanol–water partition coefficient (Wildman–Crippen LogP) is 1.22. The molecule has 0 amide bonds. The van der Waals surface area contributed by atoms with Crippen LogP contribution >= 0.6 is 0 Å². The molecule has 0 aliphatic carbocycles. The highest BCUT2D eigenvalue weighted by Gasteiger charge is 2.17. The lowest BCUT2D eigenvalue weighted by Crippen LogP contribution is -2.13. The summed E-state index contributed by atoms with van der Waals surface area (Å²) in [7, 11) is 1.88. The summed E-state index contributed by atoms with van der Waals surface area (Å²) in [5.74, 6) is 0. The van der Waals surface area contributed by atoms with E-state index in [0.29, 0.717) is 12.7 Å². The van der Waals surface area contributed by atoms with Gasteiger partial charge in [0.2, 0.25) is 0 Å². The fourth-order valence-electron chi connectivity index (χ4n) is 2.63. The number of aryl methyl sites for hydroxylation is 1. The Bertz CT molecular complexity index is 733. The topological polar surface area (TPSA) is 84.4 Å². The Morgan fingerprint density at radius 2 is 2.38 bits per heavy atom. The molecule has 1 unspecified atom stereocenters. The van der Waals surface area contributed by atoms with E-state index >= 15 is 0 Å². The summed E-state index contributed by atoms with van der Waals surface area (Å²) >= 11 is 0. The highest BCUT2D eigenvalue weighted by molar-refractivity contribution is 6.08. The number of aromatic nitrogens is 4. The minimum absolute atomic E-state index is 0.412. The van der Waals surface area contributed by atoms with Crippen molar-refractivity contribution in [2.75, 3.05) is 25.1 Å². The molecule has 3 heterocycles. The van der Waals surface area contributed by atoms with E-state index in [9.17, 15) is 0 Å².